The zero-order valence-electron chi connectivity index (χ0n) is 14.2. The van der Waals surface area contributed by atoms with E-state index < -0.39 is 8.32 Å². The standard InChI is InChI=1S/C16H34O2Si/c1-13(2)15(12-14(3)17)10-9-11-18-19(7,8)16(4,5)6/h12-14,17H,9-11H2,1-8H3/b15-12+/t14-/m1/s1. The first-order valence-electron chi connectivity index (χ1n) is 7.50. The Balaban J connectivity index is 4.23. The fourth-order valence-electron chi connectivity index (χ4n) is 1.69. The van der Waals surface area contributed by atoms with Crippen LogP contribution in [0.1, 0.15) is 54.4 Å². The summed E-state index contributed by atoms with van der Waals surface area (Å²) in [6.45, 7) is 18.4. The van der Waals surface area contributed by atoms with Crippen molar-refractivity contribution in [2.75, 3.05) is 6.61 Å². The van der Waals surface area contributed by atoms with E-state index in [1.165, 1.54) is 5.57 Å². The highest BCUT2D eigenvalue weighted by molar-refractivity contribution is 6.74. The molecule has 0 rings (SSSR count). The predicted octanol–water partition coefficient (Wildman–Crippen LogP) is 4.75. The van der Waals surface area contributed by atoms with Gasteiger partial charge in [0.05, 0.1) is 6.10 Å². The fourth-order valence-corrected chi connectivity index (χ4v) is 2.78. The first-order valence-corrected chi connectivity index (χ1v) is 10.4. The molecule has 0 aliphatic heterocycles. The molecule has 0 aliphatic carbocycles. The molecule has 0 fully saturated rings. The van der Waals surface area contributed by atoms with Gasteiger partial charge in [-0.2, -0.15) is 0 Å². The molecular formula is C16H34O2Si. The molecule has 0 unspecified atom stereocenters. The molecule has 19 heavy (non-hydrogen) atoms. The van der Waals surface area contributed by atoms with Gasteiger partial charge in [0, 0.05) is 6.61 Å². The minimum absolute atomic E-state index is 0.281. The summed E-state index contributed by atoms with van der Waals surface area (Å²) in [5, 5.41) is 9.74. The van der Waals surface area contributed by atoms with E-state index >= 15 is 0 Å². The normalized spacial score (nSPS) is 16.0. The molecule has 1 atom stereocenters. The average Bonchev–Trinajstić information content (AvgIpc) is 2.19. The SMILES string of the molecule is CC(C)/C(=C/[C@@H](C)O)CCCO[Si](C)(C)C(C)(C)C. The summed E-state index contributed by atoms with van der Waals surface area (Å²) in [7, 11) is -1.60. The Labute approximate surface area is 121 Å². The average molecular weight is 287 g/mol. The Hall–Kier alpha value is -0.123. The lowest BCUT2D eigenvalue weighted by molar-refractivity contribution is 0.241. The van der Waals surface area contributed by atoms with Crippen molar-refractivity contribution >= 4 is 8.32 Å². The Morgan fingerprint density at radius 1 is 1.21 bits per heavy atom. The van der Waals surface area contributed by atoms with Gasteiger partial charge in [-0.15, -0.1) is 0 Å². The first kappa shape index (κ1) is 18.9. The molecule has 0 saturated carbocycles. The molecule has 0 heterocycles. The summed E-state index contributed by atoms with van der Waals surface area (Å²) in [4.78, 5) is 0. The van der Waals surface area contributed by atoms with Gasteiger partial charge in [-0.25, -0.2) is 0 Å². The van der Waals surface area contributed by atoms with E-state index in [0.717, 1.165) is 19.4 Å². The quantitative estimate of drug-likeness (QED) is 0.416. The molecule has 0 bridgehead atoms. The molecule has 0 aliphatic rings. The molecule has 0 aromatic rings. The molecule has 0 spiro atoms. The van der Waals surface area contributed by atoms with Gasteiger partial charge in [-0.1, -0.05) is 46.3 Å². The second-order valence-corrected chi connectivity index (χ2v) is 12.2. The molecule has 2 nitrogen and oxygen atoms in total. The van der Waals surface area contributed by atoms with Crippen LogP contribution >= 0.6 is 0 Å². The number of aliphatic hydroxyl groups is 1. The van der Waals surface area contributed by atoms with Crippen LogP contribution in [-0.2, 0) is 4.43 Å². The van der Waals surface area contributed by atoms with E-state index in [2.05, 4.69) is 47.7 Å². The number of hydrogen-bond donors (Lipinski definition) is 1. The first-order chi connectivity index (χ1) is 8.47. The summed E-state index contributed by atoms with van der Waals surface area (Å²) in [6.07, 6.45) is 3.70. The summed E-state index contributed by atoms with van der Waals surface area (Å²) < 4.78 is 6.18. The molecule has 0 saturated heterocycles. The highest BCUT2D eigenvalue weighted by Gasteiger charge is 2.36. The Morgan fingerprint density at radius 2 is 1.74 bits per heavy atom. The third kappa shape index (κ3) is 7.28. The molecule has 0 aromatic heterocycles. The minimum atomic E-state index is -1.60. The lowest BCUT2D eigenvalue weighted by atomic mass is 9.97. The van der Waals surface area contributed by atoms with Crippen molar-refractivity contribution in [1.82, 2.24) is 0 Å². The molecule has 114 valence electrons. The number of hydrogen-bond acceptors (Lipinski definition) is 2. The van der Waals surface area contributed by atoms with Gasteiger partial charge < -0.3 is 9.53 Å². The number of aliphatic hydroxyl groups excluding tert-OH is 1. The summed E-state index contributed by atoms with van der Waals surface area (Å²) >= 11 is 0. The van der Waals surface area contributed by atoms with Crippen LogP contribution in [0.4, 0.5) is 0 Å². The van der Waals surface area contributed by atoms with E-state index in [0.29, 0.717) is 5.92 Å². The zero-order chi connectivity index (χ0) is 15.3. The molecule has 0 radical (unpaired) electrons. The van der Waals surface area contributed by atoms with E-state index in [1.54, 1.807) is 0 Å². The maximum atomic E-state index is 9.46. The van der Waals surface area contributed by atoms with Crippen LogP contribution in [0.2, 0.25) is 18.1 Å². The lowest BCUT2D eigenvalue weighted by Crippen LogP contribution is -2.40. The predicted molar refractivity (Wildman–Crippen MR) is 87.0 cm³/mol. The van der Waals surface area contributed by atoms with E-state index in [-0.39, 0.29) is 11.1 Å². The zero-order valence-corrected chi connectivity index (χ0v) is 15.2. The highest BCUT2D eigenvalue weighted by Crippen LogP contribution is 2.36. The highest BCUT2D eigenvalue weighted by atomic mass is 28.4. The van der Waals surface area contributed by atoms with Crippen molar-refractivity contribution < 1.29 is 9.53 Å². The van der Waals surface area contributed by atoms with E-state index in [4.69, 9.17) is 4.43 Å². The minimum Gasteiger partial charge on any atom is -0.417 e. The Bertz CT molecular complexity index is 286. The lowest BCUT2D eigenvalue weighted by Gasteiger charge is -2.36. The maximum absolute atomic E-state index is 9.46. The van der Waals surface area contributed by atoms with Crippen molar-refractivity contribution in [1.29, 1.82) is 0 Å². The van der Waals surface area contributed by atoms with Gasteiger partial charge in [0.2, 0.25) is 0 Å². The van der Waals surface area contributed by atoms with Crippen LogP contribution in [0.3, 0.4) is 0 Å². The van der Waals surface area contributed by atoms with Gasteiger partial charge in [0.1, 0.15) is 0 Å². The molecule has 1 N–H and O–H groups in total. The molecule has 3 heteroatoms. The fraction of sp³-hybridized carbons (Fsp3) is 0.875. The topological polar surface area (TPSA) is 29.5 Å². The third-order valence-corrected chi connectivity index (χ3v) is 8.61. The van der Waals surface area contributed by atoms with Gasteiger partial charge in [0.15, 0.2) is 8.32 Å². The van der Waals surface area contributed by atoms with Crippen LogP contribution in [-0.4, -0.2) is 26.1 Å². The van der Waals surface area contributed by atoms with Crippen molar-refractivity contribution in [3.8, 4) is 0 Å². The van der Waals surface area contributed by atoms with Crippen molar-refractivity contribution in [2.24, 2.45) is 5.92 Å². The van der Waals surface area contributed by atoms with Crippen LogP contribution in [0.15, 0.2) is 11.6 Å². The summed E-state index contributed by atoms with van der Waals surface area (Å²) in [6, 6.07) is 0. The molecule has 0 amide bonds. The van der Waals surface area contributed by atoms with Crippen LogP contribution in [0, 0.1) is 5.92 Å². The van der Waals surface area contributed by atoms with Crippen LogP contribution in [0.5, 0.6) is 0 Å². The van der Waals surface area contributed by atoms with Crippen molar-refractivity contribution in [3.63, 3.8) is 0 Å². The summed E-state index contributed by atoms with van der Waals surface area (Å²) in [5.41, 5.74) is 1.34. The molecular weight excluding hydrogens is 252 g/mol. The second-order valence-electron chi connectivity index (χ2n) is 7.35. The Kier molecular flexibility index (Phi) is 7.55. The second kappa shape index (κ2) is 7.60. The monoisotopic (exact) mass is 286 g/mol. The third-order valence-electron chi connectivity index (χ3n) is 4.08. The number of allylic oxidation sites excluding steroid dienone is 1. The van der Waals surface area contributed by atoms with Crippen LogP contribution < -0.4 is 0 Å². The van der Waals surface area contributed by atoms with E-state index in [9.17, 15) is 5.11 Å². The largest absolute Gasteiger partial charge is 0.417 e. The van der Waals surface area contributed by atoms with Gasteiger partial charge in [-0.3, -0.25) is 0 Å². The van der Waals surface area contributed by atoms with Gasteiger partial charge in [0.25, 0.3) is 0 Å². The van der Waals surface area contributed by atoms with Crippen molar-refractivity contribution in [2.45, 2.75) is 78.6 Å². The molecule has 0 aromatic carbocycles. The maximum Gasteiger partial charge on any atom is 0.191 e. The van der Waals surface area contributed by atoms with E-state index in [1.807, 2.05) is 13.0 Å². The smallest absolute Gasteiger partial charge is 0.191 e. The van der Waals surface area contributed by atoms with Crippen molar-refractivity contribution in [3.05, 3.63) is 11.6 Å². The van der Waals surface area contributed by atoms with Crippen LogP contribution in [0.25, 0.3) is 0 Å². The number of rotatable bonds is 7. The Morgan fingerprint density at radius 3 is 2.11 bits per heavy atom. The summed E-state index contributed by atoms with van der Waals surface area (Å²) in [5.74, 6) is 0.502. The van der Waals surface area contributed by atoms with Gasteiger partial charge >= 0.3 is 0 Å². The van der Waals surface area contributed by atoms with Gasteiger partial charge in [-0.05, 0) is 43.8 Å².